The highest BCUT2D eigenvalue weighted by Crippen LogP contribution is 2.44. The SMILES string of the molecule is CCC(CC)c1ccc2c(c1)N=CN(C)C2(C)c1cc(C)c(F)cc1C. The maximum atomic E-state index is 14.0. The molecule has 0 radical (unpaired) electrons. The fraction of sp³-hybridized carbons (Fsp3) is 0.435. The number of hydrogen-bond donors (Lipinski definition) is 0. The fourth-order valence-corrected chi connectivity index (χ4v) is 4.18. The lowest BCUT2D eigenvalue weighted by atomic mass is 9.78. The summed E-state index contributed by atoms with van der Waals surface area (Å²) < 4.78 is 14.0. The van der Waals surface area contributed by atoms with Gasteiger partial charge in [0.15, 0.2) is 0 Å². The van der Waals surface area contributed by atoms with Gasteiger partial charge in [0.25, 0.3) is 0 Å². The van der Waals surface area contributed by atoms with Crippen LogP contribution < -0.4 is 0 Å². The summed E-state index contributed by atoms with van der Waals surface area (Å²) in [5.74, 6) is 0.419. The van der Waals surface area contributed by atoms with Gasteiger partial charge in [-0.1, -0.05) is 32.0 Å². The Hall–Kier alpha value is -2.16. The molecule has 1 aliphatic heterocycles. The molecule has 2 nitrogen and oxygen atoms in total. The van der Waals surface area contributed by atoms with Gasteiger partial charge in [-0.25, -0.2) is 9.38 Å². The van der Waals surface area contributed by atoms with Crippen LogP contribution in [-0.4, -0.2) is 18.3 Å². The molecule has 138 valence electrons. The Morgan fingerprint density at radius 1 is 1.04 bits per heavy atom. The summed E-state index contributed by atoms with van der Waals surface area (Å²) >= 11 is 0. The number of halogens is 1. The molecule has 0 aliphatic carbocycles. The third kappa shape index (κ3) is 2.84. The maximum absolute atomic E-state index is 14.0. The molecule has 0 amide bonds. The highest BCUT2D eigenvalue weighted by atomic mass is 19.1. The summed E-state index contributed by atoms with van der Waals surface area (Å²) in [5, 5.41) is 0. The highest BCUT2D eigenvalue weighted by Gasteiger charge is 2.38. The average Bonchev–Trinajstić information content (AvgIpc) is 2.62. The lowest BCUT2D eigenvalue weighted by Gasteiger charge is -2.43. The van der Waals surface area contributed by atoms with Crippen molar-refractivity contribution in [2.75, 3.05) is 7.05 Å². The van der Waals surface area contributed by atoms with Crippen molar-refractivity contribution in [3.63, 3.8) is 0 Å². The van der Waals surface area contributed by atoms with Gasteiger partial charge in [-0.3, -0.25) is 0 Å². The van der Waals surface area contributed by atoms with Crippen molar-refractivity contribution in [3.8, 4) is 0 Å². The second kappa shape index (κ2) is 6.86. The summed E-state index contributed by atoms with van der Waals surface area (Å²) in [6, 6.07) is 10.3. The van der Waals surface area contributed by atoms with Gasteiger partial charge in [-0.05, 0) is 73.9 Å². The van der Waals surface area contributed by atoms with Crippen molar-refractivity contribution in [3.05, 3.63) is 64.0 Å². The Balaban J connectivity index is 2.19. The maximum Gasteiger partial charge on any atom is 0.126 e. The lowest BCUT2D eigenvalue weighted by molar-refractivity contribution is 0.290. The molecule has 0 bridgehead atoms. The summed E-state index contributed by atoms with van der Waals surface area (Å²) in [6.45, 7) is 10.5. The minimum absolute atomic E-state index is 0.147. The summed E-state index contributed by atoms with van der Waals surface area (Å²) in [6.07, 6.45) is 4.16. The quantitative estimate of drug-likeness (QED) is 0.638. The van der Waals surface area contributed by atoms with Gasteiger partial charge in [0.1, 0.15) is 5.82 Å². The van der Waals surface area contributed by atoms with E-state index in [2.05, 4.69) is 43.9 Å². The smallest absolute Gasteiger partial charge is 0.126 e. The zero-order chi connectivity index (χ0) is 19.1. The Morgan fingerprint density at radius 2 is 1.73 bits per heavy atom. The lowest BCUT2D eigenvalue weighted by Crippen LogP contribution is -2.43. The standard InChI is InChI=1S/C23H29FN2/c1-7-17(8-2)18-9-10-19-22(13-18)25-14-26(6)23(19,5)20-11-16(4)21(24)12-15(20)3/h9-14,17H,7-8H2,1-6H3. The monoisotopic (exact) mass is 352 g/mol. The normalized spacial score (nSPS) is 19.2. The molecule has 1 heterocycles. The van der Waals surface area contributed by atoms with Crippen molar-refractivity contribution in [1.82, 2.24) is 4.90 Å². The molecule has 2 aromatic carbocycles. The van der Waals surface area contributed by atoms with Crippen molar-refractivity contribution in [1.29, 1.82) is 0 Å². The number of aryl methyl sites for hydroxylation is 2. The molecule has 0 saturated carbocycles. The minimum Gasteiger partial charge on any atom is -0.352 e. The Kier molecular flexibility index (Phi) is 4.92. The van der Waals surface area contributed by atoms with Crippen LogP contribution in [0.2, 0.25) is 0 Å². The number of fused-ring (bicyclic) bond motifs is 1. The number of benzene rings is 2. The van der Waals surface area contributed by atoms with E-state index in [1.165, 1.54) is 11.1 Å². The topological polar surface area (TPSA) is 15.6 Å². The molecule has 3 rings (SSSR count). The van der Waals surface area contributed by atoms with Crippen LogP contribution in [0.1, 0.15) is 67.3 Å². The molecule has 0 fully saturated rings. The van der Waals surface area contributed by atoms with E-state index in [9.17, 15) is 4.39 Å². The van der Waals surface area contributed by atoms with Crippen molar-refractivity contribution in [2.45, 2.75) is 58.9 Å². The van der Waals surface area contributed by atoms with Crippen molar-refractivity contribution in [2.24, 2.45) is 4.99 Å². The Bertz CT molecular complexity index is 852. The molecule has 26 heavy (non-hydrogen) atoms. The van der Waals surface area contributed by atoms with E-state index < -0.39 is 0 Å². The fourth-order valence-electron chi connectivity index (χ4n) is 4.18. The molecule has 0 saturated heterocycles. The van der Waals surface area contributed by atoms with Gasteiger partial charge in [0.05, 0.1) is 17.6 Å². The molecule has 2 aromatic rings. The molecule has 1 atom stereocenters. The largest absolute Gasteiger partial charge is 0.352 e. The van der Waals surface area contributed by atoms with Crippen molar-refractivity contribution >= 4 is 12.0 Å². The van der Waals surface area contributed by atoms with E-state index in [0.717, 1.165) is 29.7 Å². The number of hydrogen-bond acceptors (Lipinski definition) is 2. The van der Waals surface area contributed by atoms with Crippen LogP contribution in [0.5, 0.6) is 0 Å². The van der Waals surface area contributed by atoms with Crippen LogP contribution in [0.25, 0.3) is 0 Å². The third-order valence-electron chi connectivity index (χ3n) is 6.11. The Labute approximate surface area is 156 Å². The van der Waals surface area contributed by atoms with Gasteiger partial charge in [0, 0.05) is 12.6 Å². The van der Waals surface area contributed by atoms with Crippen LogP contribution in [0.15, 0.2) is 35.3 Å². The molecule has 0 N–H and O–H groups in total. The molecule has 1 aliphatic rings. The highest BCUT2D eigenvalue weighted by molar-refractivity contribution is 5.72. The van der Waals surface area contributed by atoms with Gasteiger partial charge < -0.3 is 4.90 Å². The zero-order valence-corrected chi connectivity index (χ0v) is 16.7. The van der Waals surface area contributed by atoms with Crippen LogP contribution in [0.4, 0.5) is 10.1 Å². The van der Waals surface area contributed by atoms with Crippen LogP contribution in [0, 0.1) is 19.7 Å². The van der Waals surface area contributed by atoms with E-state index in [0.29, 0.717) is 11.5 Å². The van der Waals surface area contributed by atoms with Crippen LogP contribution in [0.3, 0.4) is 0 Å². The molecule has 3 heteroatoms. The first kappa shape index (κ1) is 18.6. The Morgan fingerprint density at radius 3 is 2.38 bits per heavy atom. The molecule has 0 spiro atoms. The number of aliphatic imine (C=N–C) groups is 1. The first-order valence-electron chi connectivity index (χ1n) is 9.51. The van der Waals surface area contributed by atoms with Gasteiger partial charge in [-0.2, -0.15) is 0 Å². The van der Waals surface area contributed by atoms with Crippen molar-refractivity contribution < 1.29 is 4.39 Å². The predicted octanol–water partition coefficient (Wildman–Crippen LogP) is 6.21. The average molecular weight is 352 g/mol. The van der Waals surface area contributed by atoms with Gasteiger partial charge in [0.2, 0.25) is 0 Å². The zero-order valence-electron chi connectivity index (χ0n) is 16.7. The predicted molar refractivity (Wildman–Crippen MR) is 108 cm³/mol. The van der Waals surface area contributed by atoms with E-state index >= 15 is 0 Å². The molecular weight excluding hydrogens is 323 g/mol. The molecule has 1 unspecified atom stereocenters. The first-order valence-corrected chi connectivity index (χ1v) is 9.51. The second-order valence-electron chi connectivity index (χ2n) is 7.63. The number of rotatable bonds is 4. The molecule has 0 aromatic heterocycles. The van der Waals surface area contributed by atoms with Crippen LogP contribution in [-0.2, 0) is 5.54 Å². The van der Waals surface area contributed by atoms with E-state index in [1.54, 1.807) is 6.07 Å². The van der Waals surface area contributed by atoms with E-state index in [-0.39, 0.29) is 11.4 Å². The van der Waals surface area contributed by atoms with Gasteiger partial charge >= 0.3 is 0 Å². The second-order valence-corrected chi connectivity index (χ2v) is 7.63. The third-order valence-corrected chi connectivity index (χ3v) is 6.11. The first-order chi connectivity index (χ1) is 12.3. The summed E-state index contributed by atoms with van der Waals surface area (Å²) in [5.41, 5.74) is 5.95. The van der Waals surface area contributed by atoms with E-state index in [1.807, 2.05) is 33.3 Å². The summed E-state index contributed by atoms with van der Waals surface area (Å²) in [7, 11) is 2.04. The molecular formula is C23H29FN2. The summed E-state index contributed by atoms with van der Waals surface area (Å²) in [4.78, 5) is 6.83. The van der Waals surface area contributed by atoms with Gasteiger partial charge in [-0.15, -0.1) is 0 Å². The van der Waals surface area contributed by atoms with Crippen LogP contribution >= 0.6 is 0 Å². The number of nitrogens with zero attached hydrogens (tertiary/aromatic N) is 2. The minimum atomic E-state index is -0.369. The van der Waals surface area contributed by atoms with E-state index in [4.69, 9.17) is 4.99 Å².